The lowest BCUT2D eigenvalue weighted by Crippen LogP contribution is -2.16. The lowest BCUT2D eigenvalue weighted by atomic mass is 10.3. The van der Waals surface area contributed by atoms with Crippen LogP contribution in [0.25, 0.3) is 0 Å². The third-order valence-corrected chi connectivity index (χ3v) is 3.20. The fraction of sp³-hybridized carbons (Fsp3) is 0.417. The molecule has 1 aromatic rings. The SMILES string of the molecule is CCCOCCC(=O)Nc1cc(F)cc(S(N)(=O)=O)c1. The molecule has 0 heterocycles. The highest BCUT2D eigenvalue weighted by Gasteiger charge is 2.12. The molecule has 1 aromatic carbocycles. The van der Waals surface area contributed by atoms with Crippen LogP contribution in [0.5, 0.6) is 0 Å². The fourth-order valence-corrected chi connectivity index (χ4v) is 2.00. The van der Waals surface area contributed by atoms with Crippen molar-refractivity contribution < 1.29 is 22.3 Å². The molecule has 0 aliphatic heterocycles. The number of benzene rings is 1. The molecular weight excluding hydrogens is 287 g/mol. The van der Waals surface area contributed by atoms with Crippen molar-refractivity contribution in [3.63, 3.8) is 0 Å². The largest absolute Gasteiger partial charge is 0.381 e. The summed E-state index contributed by atoms with van der Waals surface area (Å²) >= 11 is 0. The van der Waals surface area contributed by atoms with Crippen LogP contribution >= 0.6 is 0 Å². The number of sulfonamides is 1. The highest BCUT2D eigenvalue weighted by Crippen LogP contribution is 2.17. The Morgan fingerprint density at radius 1 is 1.35 bits per heavy atom. The quantitative estimate of drug-likeness (QED) is 0.740. The van der Waals surface area contributed by atoms with Crippen molar-refractivity contribution in [2.45, 2.75) is 24.7 Å². The molecule has 0 unspecified atom stereocenters. The fourth-order valence-electron chi connectivity index (χ4n) is 1.43. The molecule has 3 N–H and O–H groups in total. The molecule has 6 nitrogen and oxygen atoms in total. The molecule has 0 saturated carbocycles. The highest BCUT2D eigenvalue weighted by molar-refractivity contribution is 7.89. The van der Waals surface area contributed by atoms with E-state index in [0.29, 0.717) is 6.61 Å². The molecule has 1 amide bonds. The molecular formula is C12H17FN2O4S. The molecule has 0 fully saturated rings. The molecule has 0 bridgehead atoms. The number of nitrogens with one attached hydrogen (secondary N) is 1. The summed E-state index contributed by atoms with van der Waals surface area (Å²) in [5.41, 5.74) is 0.0366. The first-order chi connectivity index (χ1) is 9.32. The van der Waals surface area contributed by atoms with Gasteiger partial charge < -0.3 is 10.1 Å². The summed E-state index contributed by atoms with van der Waals surface area (Å²) in [5, 5.41) is 7.30. The lowest BCUT2D eigenvalue weighted by Gasteiger charge is -2.07. The topological polar surface area (TPSA) is 98.5 Å². The van der Waals surface area contributed by atoms with Gasteiger partial charge >= 0.3 is 0 Å². The molecule has 8 heteroatoms. The molecule has 0 saturated heterocycles. The van der Waals surface area contributed by atoms with Gasteiger partial charge in [-0.25, -0.2) is 17.9 Å². The predicted octanol–water partition coefficient (Wildman–Crippen LogP) is 1.23. The number of ether oxygens (including phenoxy) is 1. The van der Waals surface area contributed by atoms with E-state index in [4.69, 9.17) is 9.88 Å². The van der Waals surface area contributed by atoms with E-state index in [2.05, 4.69) is 5.32 Å². The van der Waals surface area contributed by atoms with E-state index in [1.807, 2.05) is 6.92 Å². The van der Waals surface area contributed by atoms with E-state index < -0.39 is 26.6 Å². The standard InChI is InChI=1S/C12H17FN2O4S/c1-2-4-19-5-3-12(16)15-10-6-9(13)7-11(8-10)20(14,17)18/h6-8H,2-5H2,1H3,(H,15,16)(H2,14,17,18). The van der Waals surface area contributed by atoms with Gasteiger partial charge in [0.05, 0.1) is 17.9 Å². The molecule has 112 valence electrons. The van der Waals surface area contributed by atoms with E-state index in [1.165, 1.54) is 0 Å². The Morgan fingerprint density at radius 2 is 2.05 bits per heavy atom. The Bertz CT molecular complexity index is 575. The Kier molecular flexibility index (Phi) is 6.05. The summed E-state index contributed by atoms with van der Waals surface area (Å²) in [4.78, 5) is 11.2. The van der Waals surface area contributed by atoms with Gasteiger partial charge in [0.15, 0.2) is 0 Å². The third-order valence-electron chi connectivity index (χ3n) is 2.31. The first-order valence-corrected chi connectivity index (χ1v) is 7.58. The van der Waals surface area contributed by atoms with Crippen LogP contribution in [-0.4, -0.2) is 27.5 Å². The maximum atomic E-state index is 13.3. The Morgan fingerprint density at radius 3 is 2.65 bits per heavy atom. The number of carbonyl (C=O) groups excluding carboxylic acids is 1. The second-order valence-electron chi connectivity index (χ2n) is 4.13. The smallest absolute Gasteiger partial charge is 0.238 e. The summed E-state index contributed by atoms with van der Waals surface area (Å²) in [7, 11) is -4.02. The van der Waals surface area contributed by atoms with Gasteiger partial charge in [0, 0.05) is 12.3 Å². The zero-order valence-corrected chi connectivity index (χ0v) is 11.9. The zero-order chi connectivity index (χ0) is 15.2. The van der Waals surface area contributed by atoms with Crippen molar-refractivity contribution in [3.05, 3.63) is 24.0 Å². The van der Waals surface area contributed by atoms with Crippen LogP contribution < -0.4 is 10.5 Å². The second kappa shape index (κ2) is 7.32. The van der Waals surface area contributed by atoms with Gasteiger partial charge in [-0.15, -0.1) is 0 Å². The van der Waals surface area contributed by atoms with Gasteiger partial charge in [-0.2, -0.15) is 0 Å². The maximum Gasteiger partial charge on any atom is 0.238 e. The second-order valence-corrected chi connectivity index (χ2v) is 5.69. The molecule has 20 heavy (non-hydrogen) atoms. The first kappa shape index (κ1) is 16.5. The monoisotopic (exact) mass is 304 g/mol. The zero-order valence-electron chi connectivity index (χ0n) is 11.1. The van der Waals surface area contributed by atoms with Crippen LogP contribution in [0.1, 0.15) is 19.8 Å². The maximum absolute atomic E-state index is 13.3. The summed E-state index contributed by atoms with van der Waals surface area (Å²) in [5.74, 6) is -1.19. The molecule has 0 aromatic heterocycles. The Balaban J connectivity index is 2.68. The Labute approximate surface area is 117 Å². The van der Waals surface area contributed by atoms with Crippen molar-refractivity contribution in [2.75, 3.05) is 18.5 Å². The number of anilines is 1. The highest BCUT2D eigenvalue weighted by atomic mass is 32.2. The molecule has 1 rings (SSSR count). The Hall–Kier alpha value is -1.51. The van der Waals surface area contributed by atoms with Crippen LogP contribution in [-0.2, 0) is 19.6 Å². The van der Waals surface area contributed by atoms with Gasteiger partial charge in [0.1, 0.15) is 5.82 Å². The number of primary sulfonamides is 1. The average Bonchev–Trinajstić information content (AvgIpc) is 2.33. The van der Waals surface area contributed by atoms with Gasteiger partial charge in [-0.05, 0) is 24.6 Å². The lowest BCUT2D eigenvalue weighted by molar-refractivity contribution is -0.117. The van der Waals surface area contributed by atoms with E-state index >= 15 is 0 Å². The van der Waals surface area contributed by atoms with Gasteiger partial charge in [0.25, 0.3) is 0 Å². The summed E-state index contributed by atoms with van der Waals surface area (Å²) in [6.07, 6.45) is 0.949. The van der Waals surface area contributed by atoms with Gasteiger partial charge in [-0.1, -0.05) is 6.92 Å². The van der Waals surface area contributed by atoms with E-state index in [9.17, 15) is 17.6 Å². The van der Waals surface area contributed by atoms with Crippen LogP contribution in [0.15, 0.2) is 23.1 Å². The number of hydrogen-bond donors (Lipinski definition) is 2. The van der Waals surface area contributed by atoms with Gasteiger partial charge in [0.2, 0.25) is 15.9 Å². The minimum absolute atomic E-state index is 0.0366. The number of hydrogen-bond acceptors (Lipinski definition) is 4. The van der Waals surface area contributed by atoms with Crippen molar-refractivity contribution >= 4 is 21.6 Å². The number of halogens is 1. The minimum Gasteiger partial charge on any atom is -0.381 e. The van der Waals surface area contributed by atoms with Crippen LogP contribution in [0.2, 0.25) is 0 Å². The van der Waals surface area contributed by atoms with Crippen molar-refractivity contribution in [1.29, 1.82) is 0 Å². The van der Waals surface area contributed by atoms with Crippen molar-refractivity contribution in [1.82, 2.24) is 0 Å². The average molecular weight is 304 g/mol. The molecule has 0 atom stereocenters. The minimum atomic E-state index is -4.02. The van der Waals surface area contributed by atoms with Crippen molar-refractivity contribution in [3.8, 4) is 0 Å². The molecule has 0 radical (unpaired) electrons. The molecule has 0 spiro atoms. The third kappa shape index (κ3) is 5.64. The first-order valence-electron chi connectivity index (χ1n) is 6.04. The number of nitrogens with two attached hydrogens (primary N) is 1. The summed E-state index contributed by atoms with van der Waals surface area (Å²) in [6, 6.07) is 2.90. The summed E-state index contributed by atoms with van der Waals surface area (Å²) in [6.45, 7) is 2.75. The number of rotatable bonds is 7. The van der Waals surface area contributed by atoms with Gasteiger partial charge in [-0.3, -0.25) is 4.79 Å². The number of carbonyl (C=O) groups is 1. The van der Waals surface area contributed by atoms with Crippen LogP contribution in [0, 0.1) is 5.82 Å². The molecule has 0 aliphatic carbocycles. The number of amides is 1. The van der Waals surface area contributed by atoms with E-state index in [-0.39, 0.29) is 18.7 Å². The van der Waals surface area contributed by atoms with Crippen LogP contribution in [0.4, 0.5) is 10.1 Å². The summed E-state index contributed by atoms with van der Waals surface area (Å²) < 4.78 is 40.7. The van der Waals surface area contributed by atoms with E-state index in [1.54, 1.807) is 0 Å². The van der Waals surface area contributed by atoms with Crippen LogP contribution in [0.3, 0.4) is 0 Å². The normalized spacial score (nSPS) is 11.3. The van der Waals surface area contributed by atoms with Crippen molar-refractivity contribution in [2.24, 2.45) is 5.14 Å². The van der Waals surface area contributed by atoms with E-state index in [0.717, 1.165) is 24.6 Å². The molecule has 0 aliphatic rings. The predicted molar refractivity (Wildman–Crippen MR) is 72.1 cm³/mol.